The number of allylic oxidation sites excluding steroid dienone is 1. The van der Waals surface area contributed by atoms with E-state index in [-0.39, 0.29) is 0 Å². The predicted octanol–water partition coefficient (Wildman–Crippen LogP) is 2.72. The van der Waals surface area contributed by atoms with Gasteiger partial charge in [-0.1, -0.05) is 62.2 Å². The molecule has 0 nitrogen and oxygen atoms in total. The van der Waals surface area contributed by atoms with Crippen molar-refractivity contribution in [2.75, 3.05) is 0 Å². The van der Waals surface area contributed by atoms with Crippen molar-refractivity contribution in [2.45, 2.75) is 5.54 Å². The van der Waals surface area contributed by atoms with Crippen LogP contribution in [0.4, 0.5) is 0 Å². The van der Waals surface area contributed by atoms with Gasteiger partial charge in [-0.25, -0.2) is 0 Å². The molecule has 1 aromatic carbocycles. The van der Waals surface area contributed by atoms with E-state index in [1.807, 2.05) is 11.1 Å². The Balaban J connectivity index is 2.86. The van der Waals surface area contributed by atoms with E-state index in [0.717, 1.165) is 10.2 Å². The van der Waals surface area contributed by atoms with Crippen LogP contribution in [0.2, 0.25) is 0 Å². The molecule has 0 aliphatic rings. The summed E-state index contributed by atoms with van der Waals surface area (Å²) in [5, 5.41) is 0. The van der Waals surface area contributed by atoms with Crippen LogP contribution in [0.5, 0.6) is 0 Å². The van der Waals surface area contributed by atoms with Gasteiger partial charge in [0, 0.05) is 20.3 Å². The standard InChI is InChI=1S/C9H10Br2Si/c10-6-8(11)9(12)7-4-2-1-3-5-7/h1-6,9H,12H3. The summed E-state index contributed by atoms with van der Waals surface area (Å²) in [6.07, 6.45) is 0. The zero-order valence-electron chi connectivity index (χ0n) is 6.80. The number of hydrogen-bond acceptors (Lipinski definition) is 0. The first-order chi connectivity index (χ1) is 5.75. The molecule has 1 aromatic rings. The van der Waals surface area contributed by atoms with Gasteiger partial charge in [0.15, 0.2) is 0 Å². The zero-order valence-corrected chi connectivity index (χ0v) is 12.0. The quantitative estimate of drug-likeness (QED) is 0.737. The van der Waals surface area contributed by atoms with Crippen LogP contribution in [-0.2, 0) is 0 Å². The third-order valence-electron chi connectivity index (χ3n) is 1.82. The molecule has 0 radical (unpaired) electrons. The van der Waals surface area contributed by atoms with Crippen LogP contribution >= 0.6 is 31.9 Å². The van der Waals surface area contributed by atoms with E-state index >= 15 is 0 Å². The van der Waals surface area contributed by atoms with Gasteiger partial charge in [-0.2, -0.15) is 0 Å². The van der Waals surface area contributed by atoms with Crippen LogP contribution in [0, 0.1) is 0 Å². The summed E-state index contributed by atoms with van der Waals surface area (Å²) in [5.41, 5.74) is 1.94. The fourth-order valence-corrected chi connectivity index (χ4v) is 2.70. The van der Waals surface area contributed by atoms with Crippen molar-refractivity contribution >= 4 is 42.1 Å². The number of benzene rings is 1. The van der Waals surface area contributed by atoms with Gasteiger partial charge < -0.3 is 0 Å². The first kappa shape index (κ1) is 10.2. The highest BCUT2D eigenvalue weighted by Gasteiger charge is 2.06. The molecule has 0 bridgehead atoms. The molecule has 0 saturated heterocycles. The summed E-state index contributed by atoms with van der Waals surface area (Å²) in [7, 11) is 1.12. The molecule has 0 saturated carbocycles. The molecule has 0 amide bonds. The summed E-state index contributed by atoms with van der Waals surface area (Å²) >= 11 is 6.85. The molecular formula is C9H10Br2Si. The Kier molecular flexibility index (Phi) is 4.25. The second-order valence-corrected chi connectivity index (χ2v) is 5.15. The van der Waals surface area contributed by atoms with Gasteiger partial charge in [0.05, 0.1) is 0 Å². The number of hydrogen-bond donors (Lipinski definition) is 0. The smallest absolute Gasteiger partial charge is 0.0186 e. The van der Waals surface area contributed by atoms with Gasteiger partial charge in [-0.15, -0.1) is 0 Å². The summed E-state index contributed by atoms with van der Waals surface area (Å²) in [5.74, 6) is 0. The van der Waals surface area contributed by atoms with Crippen molar-refractivity contribution in [1.82, 2.24) is 0 Å². The van der Waals surface area contributed by atoms with Crippen molar-refractivity contribution < 1.29 is 0 Å². The Hall–Kier alpha value is 0.137. The van der Waals surface area contributed by atoms with E-state index in [4.69, 9.17) is 0 Å². The molecule has 0 spiro atoms. The minimum atomic E-state index is 0.561. The normalized spacial score (nSPS) is 14.7. The van der Waals surface area contributed by atoms with Gasteiger partial charge in [0.1, 0.15) is 0 Å². The number of rotatable bonds is 2. The van der Waals surface area contributed by atoms with E-state index in [1.165, 1.54) is 10.0 Å². The molecular weight excluding hydrogens is 296 g/mol. The number of halogens is 2. The lowest BCUT2D eigenvalue weighted by molar-refractivity contribution is 1.20. The second-order valence-electron chi connectivity index (χ2n) is 2.63. The van der Waals surface area contributed by atoms with Crippen LogP contribution < -0.4 is 0 Å². The summed E-state index contributed by atoms with van der Waals surface area (Å²) in [6, 6.07) is 10.5. The van der Waals surface area contributed by atoms with Crippen molar-refractivity contribution in [1.29, 1.82) is 0 Å². The minimum absolute atomic E-state index is 0.561. The first-order valence-electron chi connectivity index (χ1n) is 3.76. The zero-order chi connectivity index (χ0) is 8.97. The van der Waals surface area contributed by atoms with E-state index in [1.54, 1.807) is 0 Å². The van der Waals surface area contributed by atoms with Crippen LogP contribution in [0.1, 0.15) is 11.1 Å². The fraction of sp³-hybridized carbons (Fsp3) is 0.111. The fourth-order valence-electron chi connectivity index (χ4n) is 0.995. The molecule has 64 valence electrons. The van der Waals surface area contributed by atoms with Crippen LogP contribution in [0.15, 0.2) is 39.8 Å². The summed E-state index contributed by atoms with van der Waals surface area (Å²) in [4.78, 5) is 1.94. The van der Waals surface area contributed by atoms with E-state index in [0.29, 0.717) is 5.54 Å². The maximum absolute atomic E-state index is 3.53. The van der Waals surface area contributed by atoms with Gasteiger partial charge in [-0.05, 0) is 10.5 Å². The molecule has 0 aliphatic heterocycles. The van der Waals surface area contributed by atoms with Gasteiger partial charge >= 0.3 is 0 Å². The van der Waals surface area contributed by atoms with Crippen molar-refractivity contribution in [3.63, 3.8) is 0 Å². The van der Waals surface area contributed by atoms with E-state index in [2.05, 4.69) is 56.1 Å². The van der Waals surface area contributed by atoms with Crippen LogP contribution in [0.25, 0.3) is 0 Å². The average molecular weight is 306 g/mol. The van der Waals surface area contributed by atoms with Crippen molar-refractivity contribution in [2.24, 2.45) is 0 Å². The maximum Gasteiger partial charge on any atom is 0.0186 e. The first-order valence-corrected chi connectivity index (χ1v) is 6.62. The van der Waals surface area contributed by atoms with Gasteiger partial charge in [-0.3, -0.25) is 0 Å². The molecule has 1 rings (SSSR count). The van der Waals surface area contributed by atoms with Gasteiger partial charge in [0.25, 0.3) is 0 Å². The molecule has 12 heavy (non-hydrogen) atoms. The highest BCUT2D eigenvalue weighted by Crippen LogP contribution is 2.26. The van der Waals surface area contributed by atoms with Crippen LogP contribution in [0.3, 0.4) is 0 Å². The van der Waals surface area contributed by atoms with Crippen molar-refractivity contribution in [3.05, 3.63) is 45.4 Å². The third kappa shape index (κ3) is 2.57. The van der Waals surface area contributed by atoms with E-state index < -0.39 is 0 Å². The van der Waals surface area contributed by atoms with Crippen molar-refractivity contribution in [3.8, 4) is 0 Å². The highest BCUT2D eigenvalue weighted by atomic mass is 79.9. The molecule has 0 aromatic heterocycles. The lowest BCUT2D eigenvalue weighted by Crippen LogP contribution is -1.96. The Morgan fingerprint density at radius 2 is 1.92 bits per heavy atom. The largest absolute Gasteiger partial charge is 0.0622 e. The lowest BCUT2D eigenvalue weighted by atomic mass is 10.1. The highest BCUT2D eigenvalue weighted by molar-refractivity contribution is 9.14. The Bertz CT molecular complexity index is 269. The molecule has 0 heterocycles. The molecule has 3 heteroatoms. The molecule has 0 fully saturated rings. The molecule has 1 atom stereocenters. The maximum atomic E-state index is 3.53. The predicted molar refractivity (Wildman–Crippen MR) is 65.1 cm³/mol. The third-order valence-corrected chi connectivity index (χ3v) is 5.97. The molecule has 1 unspecified atom stereocenters. The summed E-state index contributed by atoms with van der Waals surface area (Å²) < 4.78 is 1.22. The minimum Gasteiger partial charge on any atom is -0.0622 e. The Morgan fingerprint density at radius 3 is 2.42 bits per heavy atom. The molecule has 0 N–H and O–H groups in total. The Labute approximate surface area is 92.7 Å². The van der Waals surface area contributed by atoms with E-state index in [9.17, 15) is 0 Å². The molecule has 0 aliphatic carbocycles. The topological polar surface area (TPSA) is 0 Å². The average Bonchev–Trinajstić information content (AvgIpc) is 2.17. The lowest BCUT2D eigenvalue weighted by Gasteiger charge is -2.09. The summed E-state index contributed by atoms with van der Waals surface area (Å²) in [6.45, 7) is 0. The van der Waals surface area contributed by atoms with Gasteiger partial charge in [0.2, 0.25) is 0 Å². The van der Waals surface area contributed by atoms with Crippen LogP contribution in [-0.4, -0.2) is 10.2 Å². The monoisotopic (exact) mass is 304 g/mol. The second kappa shape index (κ2) is 4.99. The SMILES string of the molecule is [SiH3]C(C(Br)=CBr)c1ccccc1. The Morgan fingerprint density at radius 1 is 1.33 bits per heavy atom.